The van der Waals surface area contributed by atoms with Gasteiger partial charge in [-0.25, -0.2) is 5.32 Å². The molecule has 0 aliphatic carbocycles. The fourth-order valence-electron chi connectivity index (χ4n) is 2.97. The van der Waals surface area contributed by atoms with Crippen LogP contribution in [0.5, 0.6) is 0 Å². The summed E-state index contributed by atoms with van der Waals surface area (Å²) in [5, 5.41) is 4.43. The first-order valence-corrected chi connectivity index (χ1v) is 10.4. The monoisotopic (exact) mass is 400 g/mol. The van der Waals surface area contributed by atoms with Crippen LogP contribution in [0, 0.1) is 11.8 Å². The highest BCUT2D eigenvalue weighted by atomic mass is 19.4. The van der Waals surface area contributed by atoms with Gasteiger partial charge in [-0.1, -0.05) is 75.1 Å². The molecule has 0 aliphatic rings. The van der Waals surface area contributed by atoms with Crippen LogP contribution in [0.3, 0.4) is 0 Å². The van der Waals surface area contributed by atoms with E-state index in [1.807, 2.05) is 24.3 Å². The van der Waals surface area contributed by atoms with E-state index in [2.05, 4.69) is 24.1 Å². The van der Waals surface area contributed by atoms with Crippen LogP contribution in [-0.2, 0) is 19.3 Å². The van der Waals surface area contributed by atoms with Crippen molar-refractivity contribution in [3.63, 3.8) is 0 Å². The minimum atomic E-state index is -4.30. The van der Waals surface area contributed by atoms with Crippen molar-refractivity contribution in [3.05, 3.63) is 70.8 Å². The molecule has 2 rings (SSSR count). The number of halogens is 3. The summed E-state index contributed by atoms with van der Waals surface area (Å²) in [6.07, 6.45) is 4.30. The first-order valence-electron chi connectivity index (χ1n) is 10.4. The van der Waals surface area contributed by atoms with E-state index < -0.39 is 11.7 Å². The Labute approximate surface area is 172 Å². The average Bonchev–Trinajstić information content (AvgIpc) is 2.71. The molecule has 155 valence electrons. The molecule has 2 aromatic carbocycles. The van der Waals surface area contributed by atoms with E-state index in [0.29, 0.717) is 13.1 Å². The fraction of sp³-hybridized carbons (Fsp3) is 0.440. The van der Waals surface area contributed by atoms with E-state index in [1.54, 1.807) is 0 Å². The van der Waals surface area contributed by atoms with Crippen LogP contribution in [0.4, 0.5) is 13.2 Å². The normalized spacial score (nSPS) is 11.2. The highest BCUT2D eigenvalue weighted by molar-refractivity contribution is 5.36. The van der Waals surface area contributed by atoms with E-state index in [-0.39, 0.29) is 0 Å². The maximum absolute atomic E-state index is 12.6. The third-order valence-electron chi connectivity index (χ3n) is 4.71. The predicted octanol–water partition coefficient (Wildman–Crippen LogP) is 7.11. The Morgan fingerprint density at radius 3 is 1.90 bits per heavy atom. The molecule has 0 unspecified atom stereocenters. The maximum Gasteiger partial charge on any atom is 0.416 e. The van der Waals surface area contributed by atoms with Crippen molar-refractivity contribution >= 4 is 0 Å². The Balaban J connectivity index is 1.68. The summed E-state index contributed by atoms with van der Waals surface area (Å²) in [5.41, 5.74) is 2.21. The molecule has 0 N–H and O–H groups in total. The molecule has 2 aromatic rings. The highest BCUT2D eigenvalue weighted by Gasteiger charge is 2.29. The summed E-state index contributed by atoms with van der Waals surface area (Å²) in [6.45, 7) is 3.16. The molecule has 0 heterocycles. The van der Waals surface area contributed by atoms with Crippen LogP contribution in [0.25, 0.3) is 0 Å². The third-order valence-corrected chi connectivity index (χ3v) is 4.71. The molecular weight excluding hydrogens is 371 g/mol. The zero-order chi connectivity index (χ0) is 21.0. The fourth-order valence-corrected chi connectivity index (χ4v) is 2.97. The van der Waals surface area contributed by atoms with Crippen molar-refractivity contribution in [2.45, 2.75) is 71.1 Å². The second-order valence-corrected chi connectivity index (χ2v) is 7.25. The summed E-state index contributed by atoms with van der Waals surface area (Å²) in [7, 11) is 0. The van der Waals surface area contributed by atoms with Crippen molar-refractivity contribution in [2.75, 3.05) is 0 Å². The van der Waals surface area contributed by atoms with Gasteiger partial charge >= 0.3 is 6.18 Å². The van der Waals surface area contributed by atoms with E-state index >= 15 is 0 Å². The molecule has 1 radical (unpaired) electrons. The maximum atomic E-state index is 12.6. The molecule has 1 nitrogen and oxygen atoms in total. The molecule has 0 spiro atoms. The van der Waals surface area contributed by atoms with Gasteiger partial charge < -0.3 is 0 Å². The summed E-state index contributed by atoms with van der Waals surface area (Å²) < 4.78 is 37.7. The second-order valence-electron chi connectivity index (χ2n) is 7.25. The van der Waals surface area contributed by atoms with Gasteiger partial charge in [0.15, 0.2) is 0 Å². The van der Waals surface area contributed by atoms with Gasteiger partial charge in [-0.2, -0.15) is 13.2 Å². The molecule has 4 heteroatoms. The van der Waals surface area contributed by atoms with Crippen LogP contribution >= 0.6 is 0 Å². The van der Waals surface area contributed by atoms with Crippen molar-refractivity contribution in [3.8, 4) is 11.8 Å². The molecular formula is C25H29F3N. The van der Waals surface area contributed by atoms with Gasteiger partial charge in [0, 0.05) is 25.1 Å². The Hall–Kier alpha value is -2.25. The number of hydrogen-bond acceptors (Lipinski definition) is 0. The highest BCUT2D eigenvalue weighted by Crippen LogP contribution is 2.29. The van der Waals surface area contributed by atoms with E-state index in [4.69, 9.17) is 0 Å². The smallest absolute Gasteiger partial charge is 0.232 e. The largest absolute Gasteiger partial charge is 0.416 e. The summed E-state index contributed by atoms with van der Waals surface area (Å²) in [5.74, 6) is 6.44. The number of benzene rings is 2. The number of rotatable bonds is 10. The van der Waals surface area contributed by atoms with Crippen molar-refractivity contribution in [1.82, 2.24) is 5.32 Å². The van der Waals surface area contributed by atoms with Crippen LogP contribution < -0.4 is 5.32 Å². The van der Waals surface area contributed by atoms with Crippen LogP contribution in [-0.4, -0.2) is 0 Å². The van der Waals surface area contributed by atoms with Crippen molar-refractivity contribution in [1.29, 1.82) is 0 Å². The van der Waals surface area contributed by atoms with Crippen LogP contribution in [0.1, 0.15) is 74.1 Å². The van der Waals surface area contributed by atoms with Gasteiger partial charge in [0.2, 0.25) is 0 Å². The van der Waals surface area contributed by atoms with Gasteiger partial charge in [0.1, 0.15) is 0 Å². The van der Waals surface area contributed by atoms with Crippen molar-refractivity contribution < 1.29 is 13.2 Å². The lowest BCUT2D eigenvalue weighted by atomic mass is 10.1. The number of hydrogen-bond donors (Lipinski definition) is 0. The van der Waals surface area contributed by atoms with Gasteiger partial charge in [0.25, 0.3) is 0 Å². The minimum Gasteiger partial charge on any atom is -0.232 e. The van der Waals surface area contributed by atoms with Gasteiger partial charge in [0.05, 0.1) is 5.56 Å². The lowest BCUT2D eigenvalue weighted by Crippen LogP contribution is -2.07. The number of nitrogens with zero attached hydrogens (tertiary/aromatic N) is 1. The van der Waals surface area contributed by atoms with Gasteiger partial charge in [-0.3, -0.25) is 0 Å². The number of unbranched alkanes of at least 4 members (excludes halogenated alkanes) is 6. The van der Waals surface area contributed by atoms with Crippen molar-refractivity contribution in [2.24, 2.45) is 0 Å². The SMILES string of the molecule is CCCCCCCCC#Cc1ccc(C[N]Cc2ccc(C(F)(F)F)cc2)cc1. The minimum absolute atomic E-state index is 0.401. The third kappa shape index (κ3) is 9.19. The molecule has 0 aromatic heterocycles. The molecule has 0 atom stereocenters. The first-order chi connectivity index (χ1) is 14.0. The molecule has 0 bridgehead atoms. The van der Waals surface area contributed by atoms with Gasteiger partial charge in [-0.15, -0.1) is 0 Å². The number of alkyl halides is 3. The standard InChI is InChI=1S/C25H29F3N/c1-2-3-4-5-6-7-8-9-10-21-11-13-22(14-12-21)19-29-20-23-15-17-24(18-16-23)25(26,27)28/h11-18H,2-8,19-20H2,1H3. The second kappa shape index (κ2) is 12.3. The lowest BCUT2D eigenvalue weighted by Gasteiger charge is -2.08. The molecule has 29 heavy (non-hydrogen) atoms. The van der Waals surface area contributed by atoms with E-state index in [0.717, 1.165) is 41.7 Å². The van der Waals surface area contributed by atoms with Gasteiger partial charge in [-0.05, 0) is 41.8 Å². The molecule has 0 fully saturated rings. The summed E-state index contributed by atoms with van der Waals surface area (Å²) in [4.78, 5) is 0. The predicted molar refractivity (Wildman–Crippen MR) is 112 cm³/mol. The Bertz CT molecular complexity index is 765. The Morgan fingerprint density at radius 1 is 0.759 bits per heavy atom. The van der Waals surface area contributed by atoms with E-state index in [1.165, 1.54) is 44.2 Å². The first kappa shape index (κ1) is 23.0. The van der Waals surface area contributed by atoms with Crippen LogP contribution in [0.15, 0.2) is 48.5 Å². The zero-order valence-corrected chi connectivity index (χ0v) is 17.1. The molecule has 0 aliphatic heterocycles. The molecule has 0 amide bonds. The zero-order valence-electron chi connectivity index (χ0n) is 17.1. The topological polar surface area (TPSA) is 14.1 Å². The van der Waals surface area contributed by atoms with Crippen LogP contribution in [0.2, 0.25) is 0 Å². The summed E-state index contributed by atoms with van der Waals surface area (Å²) >= 11 is 0. The lowest BCUT2D eigenvalue weighted by molar-refractivity contribution is -0.137. The van der Waals surface area contributed by atoms with E-state index in [9.17, 15) is 13.2 Å². The molecule has 0 saturated heterocycles. The molecule has 0 saturated carbocycles. The Kier molecular flexibility index (Phi) is 9.80. The summed E-state index contributed by atoms with van der Waals surface area (Å²) in [6, 6.07) is 13.2. The average molecular weight is 401 g/mol. The quantitative estimate of drug-likeness (QED) is 0.298. The Morgan fingerprint density at radius 2 is 1.31 bits per heavy atom.